The van der Waals surface area contributed by atoms with E-state index in [0.717, 1.165) is 47.4 Å². The zero-order valence-corrected chi connectivity index (χ0v) is 43.8. The number of nitrogens with zero attached hydrogens (tertiary/aromatic N) is 6. The minimum Gasteiger partial charge on any atom is -0.390 e. The number of thioether (sulfide) groups is 2. The number of hydrogen-bond donors (Lipinski definition) is 12. The summed E-state index contributed by atoms with van der Waals surface area (Å²) in [4.78, 5) is 76.2. The average Bonchev–Trinajstić information content (AvgIpc) is 3.36. The van der Waals surface area contributed by atoms with Crippen molar-refractivity contribution >= 4 is 95.3 Å². The Morgan fingerprint density at radius 1 is 0.614 bits per heavy atom. The Hall–Kier alpha value is -6.34. The number of nitrogens with two attached hydrogens (primary N) is 8. The van der Waals surface area contributed by atoms with Crippen LogP contribution >= 0.6 is 23.5 Å². The van der Waals surface area contributed by atoms with Gasteiger partial charge in [-0.05, 0) is 94.1 Å². The lowest BCUT2D eigenvalue weighted by atomic mass is 10.0. The monoisotopic (exact) mass is 1010 g/mol. The first-order chi connectivity index (χ1) is 33.8. The summed E-state index contributed by atoms with van der Waals surface area (Å²) in [6, 6.07) is 9.10. The van der Waals surface area contributed by atoms with Crippen LogP contribution < -0.4 is 67.1 Å². The molecule has 2 aromatic carbocycles. The van der Waals surface area contributed by atoms with Crippen LogP contribution in [0.5, 0.6) is 0 Å². The van der Waals surface area contributed by atoms with E-state index in [4.69, 9.17) is 28.7 Å². The number of carbonyl (C=O) groups excluding carboxylic acids is 4. The van der Waals surface area contributed by atoms with E-state index in [-0.39, 0.29) is 41.5 Å². The second-order valence-electron chi connectivity index (χ2n) is 14.5. The highest BCUT2D eigenvalue weighted by atomic mass is 32.2. The Balaban J connectivity index is 0. The number of unbranched alkanes of at least 4 members (excludes halogenated alkanes) is 3. The number of hydrogen-bond acceptors (Lipinski definition) is 16. The van der Waals surface area contributed by atoms with Crippen LogP contribution in [0.4, 0.5) is 22.7 Å². The molecule has 24 heteroatoms. The Kier molecular flexibility index (Phi) is 39.1. The van der Waals surface area contributed by atoms with E-state index in [2.05, 4.69) is 88.3 Å². The third-order valence-corrected chi connectivity index (χ3v) is 11.2. The average molecular weight is 1010 g/mol. The number of aliphatic imine (C=N–C) groups is 4. The third kappa shape index (κ3) is 27.0. The molecule has 0 radical (unpaired) electrons. The lowest BCUT2D eigenvalue weighted by Crippen LogP contribution is -2.23. The predicted octanol–water partition coefficient (Wildman–Crippen LogP) is 3.88. The van der Waals surface area contributed by atoms with E-state index >= 15 is 0 Å². The van der Waals surface area contributed by atoms with Gasteiger partial charge in [0.1, 0.15) is 24.0 Å². The quantitative estimate of drug-likeness (QED) is 0.0178. The molecule has 1 aromatic heterocycles. The Morgan fingerprint density at radius 3 is 1.49 bits per heavy atom. The topological polar surface area (TPSA) is 400 Å². The number of nitrogens with one attached hydrogen (secondary N) is 4. The lowest BCUT2D eigenvalue weighted by Gasteiger charge is -2.19. The van der Waals surface area contributed by atoms with Gasteiger partial charge in [-0.3, -0.25) is 34.4 Å². The van der Waals surface area contributed by atoms with Crippen molar-refractivity contribution < 1.29 is 19.2 Å². The summed E-state index contributed by atoms with van der Waals surface area (Å²) >= 11 is 2.91. The number of carbonyl (C=O) groups is 4. The molecular weight excluding hydrogens is 933 g/mol. The highest BCUT2D eigenvalue weighted by Crippen LogP contribution is 2.39. The Morgan fingerprint density at radius 2 is 1.04 bits per heavy atom. The van der Waals surface area contributed by atoms with E-state index in [1.807, 2.05) is 39.1 Å². The van der Waals surface area contributed by atoms with Gasteiger partial charge in [0.05, 0.1) is 59.0 Å². The first kappa shape index (κ1) is 65.7. The number of aldehydes is 1. The molecule has 0 bridgehead atoms. The van der Waals surface area contributed by atoms with E-state index in [1.165, 1.54) is 76.1 Å². The molecule has 0 saturated carbocycles. The van der Waals surface area contributed by atoms with Gasteiger partial charge in [-0.2, -0.15) is 0 Å². The van der Waals surface area contributed by atoms with Crippen LogP contribution in [0.25, 0.3) is 0 Å². The fraction of sp³-hybridized carbons (Fsp3) is 0.478. The van der Waals surface area contributed by atoms with E-state index in [9.17, 15) is 19.2 Å². The maximum absolute atomic E-state index is 13.9. The first-order valence-corrected chi connectivity index (χ1v) is 24.6. The molecule has 0 spiro atoms. The second-order valence-corrected chi connectivity index (χ2v) is 16.7. The molecule has 1 heterocycles. The molecular formula is C46H80N18O4S2. The normalized spacial score (nSPS) is 10.5. The van der Waals surface area contributed by atoms with Gasteiger partial charge in [0.2, 0.25) is 5.91 Å². The van der Waals surface area contributed by atoms with Crippen molar-refractivity contribution in [2.45, 2.75) is 87.8 Å². The lowest BCUT2D eigenvalue weighted by molar-refractivity contribution is -0.116. The SMILES string of the molecule is CN.CN.CN.CNc1cc(C(C)C)cc(NC(=O)c2cc(C(=O)Nc3cc(C(C)C)cc(NC(=O)CCCCN=CN)c3SCCN=C(N)N)ncn2)c1SCCN=CN.NC=NCCCCC=O. The van der Waals surface area contributed by atoms with Gasteiger partial charge in [-0.25, -0.2) is 9.97 Å². The minimum absolute atomic E-state index is 0.00217. The molecule has 0 aliphatic rings. The molecule has 390 valence electrons. The molecule has 0 atom stereocenters. The highest BCUT2D eigenvalue weighted by molar-refractivity contribution is 7.99. The van der Waals surface area contributed by atoms with Crippen LogP contribution in [0, 0.1) is 0 Å². The zero-order chi connectivity index (χ0) is 53.3. The molecule has 0 aliphatic carbocycles. The number of aromatic nitrogens is 2. The standard InChI is InChI=1S/C37H53N13O3S2.C6H12N2O.3CH5N/c1-22(2)24-14-26(42-5)33(54-12-10-44-20-39)28(16-24)49-35(52)30-18-31(47-21-46-30)36(53)50-29-17-25(23(3)4)15-27(34(29)55-13-11-45-37(40)41)48-32(51)8-6-7-9-43-19-38;7-6-8-4-2-1-3-5-9;3*1-2/h14-23,42H,6-13H2,1-5H3,(H2,38,43)(H2,39,44)(H,48,51)(H,49,52)(H,50,53)(H4,40,41,45);5-6H,1-4H2,(H2,7,8);3*2H2,1H3. The Bertz CT molecular complexity index is 2080. The number of benzene rings is 2. The largest absolute Gasteiger partial charge is 0.390 e. The van der Waals surface area contributed by atoms with E-state index in [0.29, 0.717) is 72.4 Å². The van der Waals surface area contributed by atoms with Gasteiger partial charge in [0, 0.05) is 56.2 Å². The fourth-order valence-electron chi connectivity index (χ4n) is 5.60. The summed E-state index contributed by atoms with van der Waals surface area (Å²) in [7, 11) is 6.33. The van der Waals surface area contributed by atoms with E-state index in [1.54, 1.807) is 0 Å². The fourth-order valence-corrected chi connectivity index (χ4v) is 7.50. The molecule has 3 aromatic rings. The number of rotatable bonds is 26. The molecule has 0 fully saturated rings. The van der Waals surface area contributed by atoms with Gasteiger partial charge in [-0.1, -0.05) is 27.7 Å². The van der Waals surface area contributed by atoms with Gasteiger partial charge >= 0.3 is 0 Å². The van der Waals surface area contributed by atoms with Gasteiger partial charge in [0.15, 0.2) is 5.96 Å². The Labute approximate surface area is 422 Å². The molecule has 0 aliphatic heterocycles. The molecule has 3 amide bonds. The van der Waals surface area contributed by atoms with Crippen molar-refractivity contribution in [1.82, 2.24) is 9.97 Å². The summed E-state index contributed by atoms with van der Waals surface area (Å²) < 4.78 is 0. The summed E-state index contributed by atoms with van der Waals surface area (Å²) in [5.41, 5.74) is 44.6. The minimum atomic E-state index is -0.572. The molecule has 0 saturated heterocycles. The van der Waals surface area contributed by atoms with Crippen LogP contribution in [-0.4, -0.2) is 125 Å². The summed E-state index contributed by atoms with van der Waals surface area (Å²) in [5, 5.41) is 12.2. The molecule has 0 unspecified atom stereocenters. The van der Waals surface area contributed by atoms with E-state index < -0.39 is 11.8 Å². The molecule has 70 heavy (non-hydrogen) atoms. The second kappa shape index (κ2) is 41.6. The summed E-state index contributed by atoms with van der Waals surface area (Å²) in [6.07, 6.45) is 10.0. The van der Waals surface area contributed by atoms with Crippen LogP contribution in [-0.2, 0) is 9.59 Å². The van der Waals surface area contributed by atoms with Crippen LogP contribution in [0.3, 0.4) is 0 Å². The maximum atomic E-state index is 13.9. The van der Waals surface area contributed by atoms with Crippen molar-refractivity contribution in [2.75, 3.05) is 87.1 Å². The van der Waals surface area contributed by atoms with Crippen molar-refractivity contribution in [1.29, 1.82) is 0 Å². The predicted molar refractivity (Wildman–Crippen MR) is 296 cm³/mol. The smallest absolute Gasteiger partial charge is 0.274 e. The zero-order valence-electron chi connectivity index (χ0n) is 42.2. The van der Waals surface area contributed by atoms with Crippen LogP contribution in [0.1, 0.15) is 110 Å². The van der Waals surface area contributed by atoms with Crippen LogP contribution in [0.2, 0.25) is 0 Å². The summed E-state index contributed by atoms with van der Waals surface area (Å²) in [6.45, 7) is 10.3. The highest BCUT2D eigenvalue weighted by Gasteiger charge is 2.21. The molecule has 22 nitrogen and oxygen atoms in total. The van der Waals surface area contributed by atoms with Crippen molar-refractivity contribution in [2.24, 2.45) is 65.8 Å². The maximum Gasteiger partial charge on any atom is 0.274 e. The first-order valence-electron chi connectivity index (χ1n) is 22.7. The van der Waals surface area contributed by atoms with Crippen LogP contribution in [0.15, 0.2) is 66.4 Å². The molecule has 3 rings (SSSR count). The van der Waals surface area contributed by atoms with Crippen molar-refractivity contribution in [3.63, 3.8) is 0 Å². The van der Waals surface area contributed by atoms with Gasteiger partial charge in [-0.15, -0.1) is 23.5 Å². The number of amides is 3. The van der Waals surface area contributed by atoms with Crippen molar-refractivity contribution in [3.8, 4) is 0 Å². The van der Waals surface area contributed by atoms with Gasteiger partial charge in [0.25, 0.3) is 11.8 Å². The van der Waals surface area contributed by atoms with Gasteiger partial charge < -0.3 is 71.9 Å². The third-order valence-electron chi connectivity index (χ3n) is 8.94. The number of anilines is 4. The molecule has 20 N–H and O–H groups in total. The van der Waals surface area contributed by atoms with Crippen molar-refractivity contribution in [3.05, 3.63) is 59.2 Å². The number of guanidine groups is 1. The summed E-state index contributed by atoms with van der Waals surface area (Å²) in [5.74, 6) is 0.0274.